The van der Waals surface area contributed by atoms with E-state index >= 15 is 0 Å². The zero-order chi connectivity index (χ0) is 19.6. The van der Waals surface area contributed by atoms with Gasteiger partial charge in [-0.25, -0.2) is 8.78 Å². The molecule has 27 heavy (non-hydrogen) atoms. The van der Waals surface area contributed by atoms with Crippen molar-refractivity contribution in [3.8, 4) is 5.75 Å². The Hall–Kier alpha value is -1.89. The van der Waals surface area contributed by atoms with Crippen molar-refractivity contribution in [2.75, 3.05) is 31.2 Å². The molecule has 1 saturated heterocycles. The molecule has 2 N–H and O–H groups in total. The molecule has 2 aliphatic rings. The van der Waals surface area contributed by atoms with Gasteiger partial charge in [-0.3, -0.25) is 4.79 Å². The molecule has 2 fully saturated rings. The molecule has 1 aliphatic heterocycles. The highest BCUT2D eigenvalue weighted by Gasteiger charge is 2.45. The summed E-state index contributed by atoms with van der Waals surface area (Å²) >= 11 is 0. The molecule has 1 saturated carbocycles. The van der Waals surface area contributed by atoms with Crippen molar-refractivity contribution >= 4 is 11.6 Å². The van der Waals surface area contributed by atoms with E-state index in [1.54, 1.807) is 23.1 Å². The first-order valence-electron chi connectivity index (χ1n) is 9.59. The average molecular weight is 382 g/mol. The van der Waals surface area contributed by atoms with E-state index in [4.69, 9.17) is 4.74 Å². The number of hydrogen-bond donors (Lipinski definition) is 2. The molecule has 1 aromatic rings. The normalized spacial score (nSPS) is 19.6. The Morgan fingerprint density at radius 3 is 2.63 bits per heavy atom. The summed E-state index contributed by atoms with van der Waals surface area (Å²) < 4.78 is 32.4. The third-order valence-corrected chi connectivity index (χ3v) is 4.89. The van der Waals surface area contributed by atoms with E-state index in [2.05, 4.69) is 5.32 Å². The van der Waals surface area contributed by atoms with E-state index in [9.17, 15) is 18.7 Å². The summed E-state index contributed by atoms with van der Waals surface area (Å²) in [6, 6.07) is 4.59. The predicted molar refractivity (Wildman–Crippen MR) is 99.6 cm³/mol. The fourth-order valence-corrected chi connectivity index (χ4v) is 3.22. The number of nitrogens with zero attached hydrogens (tertiary/aromatic N) is 1. The second-order valence-corrected chi connectivity index (χ2v) is 8.13. The molecular formula is C20H28F2N2O3. The lowest BCUT2D eigenvalue weighted by Gasteiger charge is -2.41. The number of nitrogens with one attached hydrogen (secondary N) is 1. The maximum atomic E-state index is 13.3. The molecule has 7 heteroatoms. The second-order valence-electron chi connectivity index (χ2n) is 8.13. The van der Waals surface area contributed by atoms with Gasteiger partial charge in [0.25, 0.3) is 11.8 Å². The maximum absolute atomic E-state index is 13.3. The molecule has 150 valence electrons. The van der Waals surface area contributed by atoms with Crippen molar-refractivity contribution < 1.29 is 23.4 Å². The smallest absolute Gasteiger partial charge is 0.282 e. The van der Waals surface area contributed by atoms with Crippen LogP contribution in [0.2, 0.25) is 0 Å². The first kappa shape index (κ1) is 19.9. The molecule has 1 atom stereocenters. The van der Waals surface area contributed by atoms with Gasteiger partial charge in [0.15, 0.2) is 0 Å². The van der Waals surface area contributed by atoms with Crippen LogP contribution in [0, 0.1) is 11.8 Å². The van der Waals surface area contributed by atoms with Crippen LogP contribution in [0.1, 0.15) is 43.5 Å². The molecule has 0 spiro atoms. The topological polar surface area (TPSA) is 61.8 Å². The molecular weight excluding hydrogens is 354 g/mol. The highest BCUT2D eigenvalue weighted by atomic mass is 19.3. The van der Waals surface area contributed by atoms with Crippen LogP contribution in [-0.2, 0) is 0 Å². The molecule has 0 unspecified atom stereocenters. The van der Waals surface area contributed by atoms with Gasteiger partial charge in [0, 0.05) is 5.56 Å². The van der Waals surface area contributed by atoms with E-state index in [1.807, 2.05) is 13.8 Å². The van der Waals surface area contributed by atoms with E-state index in [1.165, 1.54) is 0 Å². The van der Waals surface area contributed by atoms with Crippen molar-refractivity contribution in [3.63, 3.8) is 0 Å². The molecule has 0 aromatic heterocycles. The Labute approximate surface area is 158 Å². The molecule has 1 aliphatic carbocycles. The second kappa shape index (κ2) is 8.00. The van der Waals surface area contributed by atoms with Crippen molar-refractivity contribution in [3.05, 3.63) is 23.8 Å². The lowest BCUT2D eigenvalue weighted by atomic mass is 10.0. The minimum atomic E-state index is -2.67. The van der Waals surface area contributed by atoms with E-state index in [0.717, 1.165) is 12.8 Å². The van der Waals surface area contributed by atoms with Crippen molar-refractivity contribution in [2.24, 2.45) is 11.8 Å². The number of hydrogen-bond acceptors (Lipinski definition) is 4. The lowest BCUT2D eigenvalue weighted by Crippen LogP contribution is -2.56. The Bertz CT molecular complexity index is 669. The van der Waals surface area contributed by atoms with E-state index in [0.29, 0.717) is 41.9 Å². The lowest BCUT2D eigenvalue weighted by molar-refractivity contribution is -0.0265. The largest absolute Gasteiger partial charge is 0.491 e. The third kappa shape index (κ3) is 5.31. The fourth-order valence-electron chi connectivity index (χ4n) is 3.22. The minimum Gasteiger partial charge on any atom is -0.491 e. The number of aliphatic hydroxyl groups excluding tert-OH is 1. The summed E-state index contributed by atoms with van der Waals surface area (Å²) in [5.41, 5.74) is 0.998. The van der Waals surface area contributed by atoms with Crippen LogP contribution < -0.4 is 15.0 Å². The summed E-state index contributed by atoms with van der Waals surface area (Å²) in [4.78, 5) is 14.1. The number of rotatable bonds is 9. The van der Waals surface area contributed by atoms with Gasteiger partial charge in [-0.2, -0.15) is 0 Å². The van der Waals surface area contributed by atoms with Crippen LogP contribution >= 0.6 is 0 Å². The molecule has 1 aromatic carbocycles. The number of benzene rings is 1. The van der Waals surface area contributed by atoms with Crippen molar-refractivity contribution in [2.45, 2.75) is 45.1 Å². The summed E-state index contributed by atoms with van der Waals surface area (Å²) in [6.45, 7) is 3.79. The number of carbonyl (C=O) groups is 1. The fraction of sp³-hybridized carbons (Fsp3) is 0.650. The third-order valence-electron chi connectivity index (χ3n) is 4.89. The summed E-state index contributed by atoms with van der Waals surface area (Å²) in [6.07, 6.45) is 2.91. The first-order valence-corrected chi connectivity index (χ1v) is 9.59. The zero-order valence-electron chi connectivity index (χ0n) is 15.9. The van der Waals surface area contributed by atoms with Gasteiger partial charge < -0.3 is 20.1 Å². The number of aliphatic hydroxyl groups is 1. The standard InChI is InChI=1S/C20H28F2N2O3/c1-13(2)7-16(9-25)23-19(26)15-5-6-17(24-11-20(21,22)12-24)18(8-15)27-10-14-3-4-14/h5-6,8,13-14,16,25H,3-4,7,9-12H2,1-2H3,(H,23,26)/t16-/m0/s1. The van der Waals surface area contributed by atoms with Crippen LogP contribution in [0.4, 0.5) is 14.5 Å². The Kier molecular flexibility index (Phi) is 5.89. The van der Waals surface area contributed by atoms with E-state index in [-0.39, 0.29) is 31.6 Å². The Morgan fingerprint density at radius 1 is 1.37 bits per heavy atom. The average Bonchev–Trinajstić information content (AvgIpc) is 3.40. The molecule has 5 nitrogen and oxygen atoms in total. The monoisotopic (exact) mass is 382 g/mol. The maximum Gasteiger partial charge on any atom is 0.282 e. The zero-order valence-corrected chi connectivity index (χ0v) is 15.9. The molecule has 3 rings (SSSR count). The number of halogens is 2. The van der Waals surface area contributed by atoms with Gasteiger partial charge in [0.05, 0.1) is 38.0 Å². The highest BCUT2D eigenvalue weighted by Crippen LogP contribution is 2.39. The van der Waals surface area contributed by atoms with Gasteiger partial charge in [-0.05, 0) is 49.3 Å². The van der Waals surface area contributed by atoms with Crippen LogP contribution in [0.3, 0.4) is 0 Å². The quantitative estimate of drug-likeness (QED) is 0.689. The van der Waals surface area contributed by atoms with Crippen LogP contribution in [0.25, 0.3) is 0 Å². The van der Waals surface area contributed by atoms with Crippen molar-refractivity contribution in [1.29, 1.82) is 0 Å². The number of alkyl halides is 2. The summed E-state index contributed by atoms with van der Waals surface area (Å²) in [7, 11) is 0. The molecule has 0 bridgehead atoms. The van der Waals surface area contributed by atoms with Gasteiger partial charge in [0.2, 0.25) is 0 Å². The van der Waals surface area contributed by atoms with Gasteiger partial charge in [0.1, 0.15) is 5.75 Å². The highest BCUT2D eigenvalue weighted by molar-refractivity contribution is 5.95. The number of carbonyl (C=O) groups excluding carboxylic acids is 1. The first-order chi connectivity index (χ1) is 12.8. The molecule has 1 amide bonds. The number of amides is 1. The van der Waals surface area contributed by atoms with Crippen LogP contribution in [0.15, 0.2) is 18.2 Å². The number of ether oxygens (including phenoxy) is 1. The number of anilines is 1. The van der Waals surface area contributed by atoms with Gasteiger partial charge in [-0.15, -0.1) is 0 Å². The van der Waals surface area contributed by atoms with Crippen molar-refractivity contribution in [1.82, 2.24) is 5.32 Å². The van der Waals surface area contributed by atoms with Crippen LogP contribution in [-0.4, -0.2) is 49.3 Å². The summed E-state index contributed by atoms with van der Waals surface area (Å²) in [5, 5.41) is 12.3. The van der Waals surface area contributed by atoms with Gasteiger partial charge in [-0.1, -0.05) is 13.8 Å². The van der Waals surface area contributed by atoms with E-state index < -0.39 is 5.92 Å². The molecule has 1 heterocycles. The molecule has 0 radical (unpaired) electrons. The summed E-state index contributed by atoms with van der Waals surface area (Å²) in [5.74, 6) is -1.65. The van der Waals surface area contributed by atoms with Gasteiger partial charge >= 0.3 is 0 Å². The minimum absolute atomic E-state index is 0.129. The predicted octanol–water partition coefficient (Wildman–Crippen LogP) is 3.07. The SMILES string of the molecule is CC(C)C[C@@H](CO)NC(=O)c1ccc(N2CC(F)(F)C2)c(OCC2CC2)c1. The Morgan fingerprint density at radius 2 is 2.07 bits per heavy atom. The van der Waals surface area contributed by atoms with Crippen LogP contribution in [0.5, 0.6) is 5.75 Å². The Balaban J connectivity index is 1.73.